The molecule has 150 valence electrons. The van der Waals surface area contributed by atoms with E-state index in [1.807, 2.05) is 0 Å². The topological polar surface area (TPSA) is 18.5 Å². The summed E-state index contributed by atoms with van der Waals surface area (Å²) in [7, 11) is 0. The summed E-state index contributed by atoms with van der Waals surface area (Å²) >= 11 is 9.53. The Morgan fingerprint density at radius 3 is 1.63 bits per heavy atom. The Morgan fingerprint density at radius 1 is 0.778 bits per heavy atom. The zero-order valence-corrected chi connectivity index (χ0v) is 18.1. The van der Waals surface area contributed by atoms with E-state index in [1.54, 1.807) is 6.92 Å². The monoisotopic (exact) mass is 586 g/mol. The molecule has 2 aromatic carbocycles. The van der Waals surface area contributed by atoms with Crippen LogP contribution in [0.4, 0.5) is 26.3 Å². The summed E-state index contributed by atoms with van der Waals surface area (Å²) < 4.78 is 79.7. The van der Waals surface area contributed by atoms with Gasteiger partial charge in [-0.25, -0.2) is 0 Å². The standard InChI is InChI=1S/C8H5Br2F3O.C8H6BrF3O/c9-4-5-3-6(1-2-7(5)10)14-8(11,12)13;1-5-4-6(2-3-7(5)9)13-8(10,11)12/h1-3H,4H2;2-4H,1H3. The third-order valence-electron chi connectivity index (χ3n) is 2.76. The van der Waals surface area contributed by atoms with Crippen LogP contribution in [0.1, 0.15) is 11.1 Å². The van der Waals surface area contributed by atoms with Crippen LogP contribution in [0.2, 0.25) is 0 Å². The Hall–Kier alpha value is -0.940. The Labute approximate surface area is 176 Å². The van der Waals surface area contributed by atoms with Crippen LogP contribution in [0.25, 0.3) is 0 Å². The number of alkyl halides is 7. The summed E-state index contributed by atoms with van der Waals surface area (Å²) in [6, 6.07) is 8.17. The van der Waals surface area contributed by atoms with Crippen LogP contribution >= 0.6 is 47.8 Å². The first-order valence-corrected chi connectivity index (χ1v) is 9.63. The molecule has 0 aliphatic rings. The minimum absolute atomic E-state index is 0.201. The third kappa shape index (κ3) is 9.70. The summed E-state index contributed by atoms with van der Waals surface area (Å²) in [5.41, 5.74) is 1.40. The molecule has 0 unspecified atom stereocenters. The van der Waals surface area contributed by atoms with Crippen molar-refractivity contribution in [2.24, 2.45) is 0 Å². The molecule has 0 N–H and O–H groups in total. The zero-order chi connectivity index (χ0) is 20.8. The van der Waals surface area contributed by atoms with Gasteiger partial charge < -0.3 is 9.47 Å². The van der Waals surface area contributed by atoms with Gasteiger partial charge in [0.2, 0.25) is 0 Å². The van der Waals surface area contributed by atoms with E-state index in [-0.39, 0.29) is 11.5 Å². The van der Waals surface area contributed by atoms with Gasteiger partial charge in [-0.15, -0.1) is 26.3 Å². The quantitative estimate of drug-likeness (QED) is 0.268. The summed E-state index contributed by atoms with van der Waals surface area (Å²) in [6.45, 7) is 1.69. The van der Waals surface area contributed by atoms with Gasteiger partial charge in [0.05, 0.1) is 0 Å². The molecule has 2 nitrogen and oxygen atoms in total. The predicted molar refractivity (Wildman–Crippen MR) is 99.0 cm³/mol. The summed E-state index contributed by atoms with van der Waals surface area (Å²) in [5.74, 6) is -0.414. The predicted octanol–water partition coefficient (Wildman–Crippen LogP) is 7.90. The van der Waals surface area contributed by atoms with Gasteiger partial charge in [-0.2, -0.15) is 0 Å². The van der Waals surface area contributed by atoms with Gasteiger partial charge in [0.25, 0.3) is 0 Å². The molecule has 0 atom stereocenters. The molecule has 0 bridgehead atoms. The zero-order valence-electron chi connectivity index (χ0n) is 13.4. The average Bonchev–Trinajstić information content (AvgIpc) is 2.51. The average molecular weight is 589 g/mol. The van der Waals surface area contributed by atoms with Crippen molar-refractivity contribution in [3.8, 4) is 11.5 Å². The Morgan fingerprint density at radius 2 is 1.22 bits per heavy atom. The molecule has 0 aliphatic carbocycles. The lowest BCUT2D eigenvalue weighted by atomic mass is 10.2. The maximum atomic E-state index is 11.8. The molecule has 0 amide bonds. The molecule has 11 heteroatoms. The molecule has 2 aromatic rings. The van der Waals surface area contributed by atoms with Gasteiger partial charge in [-0.3, -0.25) is 0 Å². The Bertz CT molecular complexity index is 763. The molecule has 0 fully saturated rings. The van der Waals surface area contributed by atoms with Crippen LogP contribution < -0.4 is 9.47 Å². The van der Waals surface area contributed by atoms with Crippen LogP contribution in [-0.2, 0) is 5.33 Å². The van der Waals surface area contributed by atoms with E-state index >= 15 is 0 Å². The molecule has 2 rings (SSSR count). The molecular formula is C16H11Br3F6O2. The van der Waals surface area contributed by atoms with Crippen molar-refractivity contribution >= 4 is 47.8 Å². The van der Waals surface area contributed by atoms with Gasteiger partial charge in [-0.05, 0) is 54.4 Å². The molecule has 0 aromatic heterocycles. The van der Waals surface area contributed by atoms with Crippen molar-refractivity contribution in [1.29, 1.82) is 0 Å². The van der Waals surface area contributed by atoms with Crippen LogP contribution in [0.15, 0.2) is 45.3 Å². The van der Waals surface area contributed by atoms with Gasteiger partial charge in [0.15, 0.2) is 0 Å². The molecule has 0 aliphatic heterocycles. The van der Waals surface area contributed by atoms with E-state index in [4.69, 9.17) is 0 Å². The fourth-order valence-electron chi connectivity index (χ4n) is 1.66. The van der Waals surface area contributed by atoms with E-state index in [0.29, 0.717) is 16.5 Å². The molecule has 0 spiro atoms. The molecular weight excluding hydrogens is 578 g/mol. The maximum absolute atomic E-state index is 11.8. The number of aryl methyl sites for hydroxylation is 1. The van der Waals surface area contributed by atoms with Crippen molar-refractivity contribution < 1.29 is 35.8 Å². The summed E-state index contributed by atoms with van der Waals surface area (Å²) in [5, 5.41) is 0.461. The van der Waals surface area contributed by atoms with Crippen molar-refractivity contribution in [3.05, 3.63) is 56.5 Å². The minimum Gasteiger partial charge on any atom is -0.406 e. The van der Waals surface area contributed by atoms with Crippen molar-refractivity contribution in [1.82, 2.24) is 0 Å². The third-order valence-corrected chi connectivity index (χ3v) is 5.03. The molecule has 27 heavy (non-hydrogen) atoms. The highest BCUT2D eigenvalue weighted by Gasteiger charge is 2.31. The van der Waals surface area contributed by atoms with E-state index in [2.05, 4.69) is 57.3 Å². The number of hydrogen-bond donors (Lipinski definition) is 0. The van der Waals surface area contributed by atoms with Gasteiger partial charge in [0.1, 0.15) is 11.5 Å². The highest BCUT2D eigenvalue weighted by Crippen LogP contribution is 2.28. The summed E-state index contributed by atoms with van der Waals surface area (Å²) in [6.07, 6.45) is -9.27. The maximum Gasteiger partial charge on any atom is 0.573 e. The molecule has 0 heterocycles. The van der Waals surface area contributed by atoms with Crippen LogP contribution in [-0.4, -0.2) is 12.7 Å². The lowest BCUT2D eigenvalue weighted by molar-refractivity contribution is -0.275. The number of hydrogen-bond acceptors (Lipinski definition) is 2. The van der Waals surface area contributed by atoms with Crippen LogP contribution in [0.5, 0.6) is 11.5 Å². The van der Waals surface area contributed by atoms with Crippen molar-refractivity contribution in [2.45, 2.75) is 25.0 Å². The van der Waals surface area contributed by atoms with E-state index in [1.165, 1.54) is 36.4 Å². The van der Waals surface area contributed by atoms with Gasteiger partial charge in [-0.1, -0.05) is 47.8 Å². The number of halogens is 9. The first kappa shape index (κ1) is 24.1. The second-order valence-electron chi connectivity index (χ2n) is 4.89. The van der Waals surface area contributed by atoms with Crippen LogP contribution in [0, 0.1) is 6.92 Å². The number of benzene rings is 2. The van der Waals surface area contributed by atoms with Crippen molar-refractivity contribution in [3.63, 3.8) is 0 Å². The first-order valence-electron chi connectivity index (χ1n) is 6.93. The highest BCUT2D eigenvalue weighted by atomic mass is 79.9. The lowest BCUT2D eigenvalue weighted by Gasteiger charge is -2.10. The smallest absolute Gasteiger partial charge is 0.406 e. The van der Waals surface area contributed by atoms with E-state index in [0.717, 1.165) is 8.95 Å². The first-order chi connectivity index (χ1) is 12.3. The van der Waals surface area contributed by atoms with Crippen molar-refractivity contribution in [2.75, 3.05) is 0 Å². The summed E-state index contributed by atoms with van der Waals surface area (Å²) in [4.78, 5) is 0. The fourth-order valence-corrected chi connectivity index (χ4v) is 3.14. The molecule has 0 saturated carbocycles. The highest BCUT2D eigenvalue weighted by molar-refractivity contribution is 9.11. The minimum atomic E-state index is -4.64. The Balaban J connectivity index is 0.000000271. The molecule has 0 saturated heterocycles. The lowest BCUT2D eigenvalue weighted by Crippen LogP contribution is -2.17. The van der Waals surface area contributed by atoms with Gasteiger partial charge in [0, 0.05) is 14.3 Å². The second kappa shape index (κ2) is 10.0. The Kier molecular flexibility index (Phi) is 8.94. The largest absolute Gasteiger partial charge is 0.573 e. The number of rotatable bonds is 3. The van der Waals surface area contributed by atoms with Crippen LogP contribution in [0.3, 0.4) is 0 Å². The fraction of sp³-hybridized carbons (Fsp3) is 0.250. The second-order valence-corrected chi connectivity index (χ2v) is 7.16. The number of ether oxygens (including phenoxy) is 2. The van der Waals surface area contributed by atoms with E-state index in [9.17, 15) is 26.3 Å². The normalized spacial score (nSPS) is 11.5. The van der Waals surface area contributed by atoms with E-state index < -0.39 is 12.7 Å². The SMILES string of the molecule is Cc1cc(OC(F)(F)F)ccc1Br.FC(F)(F)Oc1ccc(Br)c(CBr)c1. The molecule has 0 radical (unpaired) electrons. The van der Waals surface area contributed by atoms with Gasteiger partial charge >= 0.3 is 12.7 Å².